The van der Waals surface area contributed by atoms with E-state index in [0.717, 1.165) is 22.4 Å². The summed E-state index contributed by atoms with van der Waals surface area (Å²) in [6.07, 6.45) is 0. The van der Waals surface area contributed by atoms with E-state index in [-0.39, 0.29) is 11.9 Å². The quantitative estimate of drug-likeness (QED) is 0.724. The molecule has 0 saturated carbocycles. The van der Waals surface area contributed by atoms with E-state index in [4.69, 9.17) is 21.7 Å². The van der Waals surface area contributed by atoms with Gasteiger partial charge >= 0.3 is 0 Å². The lowest BCUT2D eigenvalue weighted by Crippen LogP contribution is -2.71. The van der Waals surface area contributed by atoms with Crippen LogP contribution >= 0.6 is 12.2 Å². The van der Waals surface area contributed by atoms with Crippen molar-refractivity contribution in [1.29, 1.82) is 0 Å². The van der Waals surface area contributed by atoms with Crippen molar-refractivity contribution in [2.75, 3.05) is 19.0 Å². The van der Waals surface area contributed by atoms with Crippen molar-refractivity contribution in [2.24, 2.45) is 5.92 Å². The van der Waals surface area contributed by atoms with Gasteiger partial charge in [-0.05, 0) is 57.6 Å². The van der Waals surface area contributed by atoms with Gasteiger partial charge in [-0.1, -0.05) is 29.8 Å². The number of methoxy groups -OCH3 is 1. The lowest BCUT2D eigenvalue weighted by atomic mass is 9.78. The molecular weight excluding hydrogens is 398 g/mol. The fourth-order valence-corrected chi connectivity index (χ4v) is 5.06. The highest BCUT2D eigenvalue weighted by atomic mass is 32.1. The highest BCUT2D eigenvalue weighted by Gasteiger charge is 2.58. The minimum absolute atomic E-state index is 0.114. The number of hydrogen-bond donors (Lipinski definition) is 2. The predicted octanol–water partition coefficient (Wildman–Crippen LogP) is 3.93. The van der Waals surface area contributed by atoms with Crippen LogP contribution in [0.3, 0.4) is 0 Å². The molecule has 2 aromatic rings. The lowest BCUT2D eigenvalue weighted by Gasteiger charge is -2.56. The highest BCUT2D eigenvalue weighted by Crippen LogP contribution is 2.51. The van der Waals surface area contributed by atoms with Gasteiger partial charge in [0.25, 0.3) is 0 Å². The zero-order valence-corrected chi connectivity index (χ0v) is 18.7. The maximum Gasteiger partial charge on any atom is 0.236 e. The molecule has 4 rings (SSSR count). The maximum atomic E-state index is 13.6. The molecule has 2 heterocycles. The second-order valence-electron chi connectivity index (χ2n) is 7.99. The maximum absolute atomic E-state index is 13.6. The van der Waals surface area contributed by atoms with Crippen molar-refractivity contribution in [3.05, 3.63) is 53.1 Å². The molecule has 2 aromatic carbocycles. The Morgan fingerprint density at radius 2 is 2.10 bits per heavy atom. The van der Waals surface area contributed by atoms with E-state index in [1.165, 1.54) is 0 Å². The molecule has 1 fully saturated rings. The second kappa shape index (κ2) is 7.47. The number of anilines is 1. The van der Waals surface area contributed by atoms with Gasteiger partial charge in [0, 0.05) is 17.8 Å². The molecule has 2 aliphatic heterocycles. The van der Waals surface area contributed by atoms with Crippen molar-refractivity contribution in [2.45, 2.75) is 39.5 Å². The van der Waals surface area contributed by atoms with Gasteiger partial charge in [0.15, 0.2) is 22.3 Å². The third-order valence-electron chi connectivity index (χ3n) is 6.08. The minimum Gasteiger partial charge on any atom is -0.493 e. The largest absolute Gasteiger partial charge is 0.493 e. The van der Waals surface area contributed by atoms with Gasteiger partial charge in [-0.15, -0.1) is 0 Å². The molecule has 1 saturated heterocycles. The average Bonchev–Trinajstić information content (AvgIpc) is 2.69. The molecule has 3 atom stereocenters. The molecule has 158 valence electrons. The Balaban J connectivity index is 1.79. The first kappa shape index (κ1) is 20.5. The molecule has 30 heavy (non-hydrogen) atoms. The van der Waals surface area contributed by atoms with Gasteiger partial charge in [0.2, 0.25) is 5.91 Å². The predicted molar refractivity (Wildman–Crippen MR) is 121 cm³/mol. The Bertz CT molecular complexity index is 1020. The van der Waals surface area contributed by atoms with Crippen LogP contribution in [0.5, 0.6) is 11.5 Å². The van der Waals surface area contributed by atoms with Gasteiger partial charge in [0.1, 0.15) is 5.92 Å². The van der Waals surface area contributed by atoms with E-state index in [0.29, 0.717) is 23.2 Å². The van der Waals surface area contributed by atoms with Crippen molar-refractivity contribution in [1.82, 2.24) is 10.2 Å². The highest BCUT2D eigenvalue weighted by molar-refractivity contribution is 7.80. The third-order valence-corrected chi connectivity index (χ3v) is 6.42. The topological polar surface area (TPSA) is 62.8 Å². The average molecular weight is 426 g/mol. The normalized spacial score (nSPS) is 24.4. The van der Waals surface area contributed by atoms with Gasteiger partial charge < -0.3 is 25.0 Å². The summed E-state index contributed by atoms with van der Waals surface area (Å²) in [5, 5.41) is 7.08. The Labute approximate surface area is 182 Å². The molecular formula is C23H27N3O3S. The first-order valence-electron chi connectivity index (χ1n) is 10.1. The summed E-state index contributed by atoms with van der Waals surface area (Å²) >= 11 is 5.62. The van der Waals surface area contributed by atoms with E-state index in [1.54, 1.807) is 7.11 Å². The minimum atomic E-state index is -0.952. The van der Waals surface area contributed by atoms with Crippen LogP contribution in [-0.4, -0.2) is 35.3 Å². The van der Waals surface area contributed by atoms with Crippen molar-refractivity contribution in [3.8, 4) is 11.5 Å². The van der Waals surface area contributed by atoms with Crippen LogP contribution < -0.4 is 20.1 Å². The molecule has 0 aromatic heterocycles. The smallest absolute Gasteiger partial charge is 0.236 e. The summed E-state index contributed by atoms with van der Waals surface area (Å²) in [4.78, 5) is 15.6. The fraction of sp³-hybridized carbons (Fsp3) is 0.391. The van der Waals surface area contributed by atoms with Crippen LogP contribution in [0.25, 0.3) is 0 Å². The number of carbonyl (C=O) groups excluding carboxylic acids is 1. The molecule has 0 spiro atoms. The van der Waals surface area contributed by atoms with Gasteiger partial charge in [-0.3, -0.25) is 4.79 Å². The summed E-state index contributed by atoms with van der Waals surface area (Å²) < 4.78 is 12.1. The monoisotopic (exact) mass is 425 g/mol. The van der Waals surface area contributed by atoms with E-state index >= 15 is 0 Å². The fourth-order valence-electron chi connectivity index (χ4n) is 4.62. The molecule has 1 amide bonds. The Kier molecular flexibility index (Phi) is 5.10. The first-order chi connectivity index (χ1) is 14.3. The Morgan fingerprint density at radius 1 is 1.33 bits per heavy atom. The number of thiocarbonyl (C=S) groups is 1. The first-order valence-corrected chi connectivity index (χ1v) is 10.5. The van der Waals surface area contributed by atoms with Crippen LogP contribution in [0.2, 0.25) is 0 Å². The van der Waals surface area contributed by atoms with E-state index < -0.39 is 11.6 Å². The summed E-state index contributed by atoms with van der Waals surface area (Å²) in [7, 11) is 1.62. The Hall–Kier alpha value is -2.80. The van der Waals surface area contributed by atoms with Gasteiger partial charge in [0.05, 0.1) is 13.2 Å². The van der Waals surface area contributed by atoms with E-state index in [2.05, 4.69) is 16.7 Å². The number of benzene rings is 2. The molecule has 2 N–H and O–H groups in total. The van der Waals surface area contributed by atoms with E-state index in [1.807, 2.05) is 62.9 Å². The van der Waals surface area contributed by atoms with Crippen LogP contribution in [0, 0.1) is 19.8 Å². The summed E-state index contributed by atoms with van der Waals surface area (Å²) in [6.45, 7) is 8.56. The Morgan fingerprint density at radius 3 is 2.77 bits per heavy atom. The van der Waals surface area contributed by atoms with Crippen LogP contribution in [-0.2, 0) is 4.79 Å². The standard InChI is InChI=1S/C23H27N3O3S/c1-6-26-22(30)25-19-15-8-7-9-17(28-5)20(15)29-23(26,4)18(19)21(27)24-16-11-10-13(2)12-14(16)3/h7-12,18-19H,6H2,1-5H3,(H,24,27)(H,25,30)/t18-,19+,23+/m0/s1. The number of fused-ring (bicyclic) bond motifs is 4. The number of rotatable bonds is 4. The zero-order valence-electron chi connectivity index (χ0n) is 17.9. The SMILES string of the molecule is CCN1C(=S)N[C@@H]2c3cccc(OC)c3O[C@]1(C)[C@@H]2C(=O)Nc1ccc(C)cc1C. The van der Waals surface area contributed by atoms with Crippen molar-refractivity contribution < 1.29 is 14.3 Å². The molecule has 7 heteroatoms. The summed E-state index contributed by atoms with van der Waals surface area (Å²) in [5.41, 5.74) is 2.89. The number of ether oxygens (including phenoxy) is 2. The van der Waals surface area contributed by atoms with Crippen LogP contribution in [0.15, 0.2) is 36.4 Å². The molecule has 0 unspecified atom stereocenters. The molecule has 2 bridgehead atoms. The molecule has 2 aliphatic rings. The number of nitrogens with one attached hydrogen (secondary N) is 2. The number of amides is 1. The number of carbonyl (C=O) groups is 1. The third kappa shape index (κ3) is 3.08. The van der Waals surface area contributed by atoms with Gasteiger partial charge in [-0.25, -0.2) is 0 Å². The van der Waals surface area contributed by atoms with Crippen LogP contribution in [0.4, 0.5) is 5.69 Å². The summed E-state index contributed by atoms with van der Waals surface area (Å²) in [5.74, 6) is 0.653. The van der Waals surface area contributed by atoms with Crippen molar-refractivity contribution in [3.63, 3.8) is 0 Å². The van der Waals surface area contributed by atoms with Crippen LogP contribution in [0.1, 0.15) is 36.6 Å². The molecule has 0 radical (unpaired) electrons. The van der Waals surface area contributed by atoms with Crippen molar-refractivity contribution >= 4 is 28.9 Å². The zero-order chi connectivity index (χ0) is 21.6. The molecule has 0 aliphatic carbocycles. The number of para-hydroxylation sites is 1. The second-order valence-corrected chi connectivity index (χ2v) is 8.38. The number of hydrogen-bond acceptors (Lipinski definition) is 4. The molecule has 6 nitrogen and oxygen atoms in total. The number of nitrogens with zero attached hydrogens (tertiary/aromatic N) is 1. The van der Waals surface area contributed by atoms with E-state index in [9.17, 15) is 4.79 Å². The van der Waals surface area contributed by atoms with Gasteiger partial charge in [-0.2, -0.15) is 0 Å². The lowest BCUT2D eigenvalue weighted by molar-refractivity contribution is -0.149. The number of aryl methyl sites for hydroxylation is 2. The summed E-state index contributed by atoms with van der Waals surface area (Å²) in [6, 6.07) is 11.4.